The van der Waals surface area contributed by atoms with Crippen LogP contribution in [-0.4, -0.2) is 37.6 Å². The average Bonchev–Trinajstić information content (AvgIpc) is 2.86. The molecule has 0 unspecified atom stereocenters. The number of hydrogen-bond donors (Lipinski definition) is 1. The molecule has 0 saturated heterocycles. The minimum atomic E-state index is 0.114. The van der Waals surface area contributed by atoms with Gasteiger partial charge in [-0.1, -0.05) is 61.5 Å². The number of carbonyl (C=O) groups is 1. The Labute approximate surface area is 197 Å². The number of carbonyl (C=O) groups excluding carboxylic acids is 1. The van der Waals surface area contributed by atoms with Gasteiger partial charge >= 0.3 is 0 Å². The van der Waals surface area contributed by atoms with Crippen LogP contribution in [0.3, 0.4) is 0 Å². The van der Waals surface area contributed by atoms with Crippen molar-refractivity contribution in [3.05, 3.63) is 90.0 Å². The predicted octanol–water partition coefficient (Wildman–Crippen LogP) is 5.45. The van der Waals surface area contributed by atoms with Crippen molar-refractivity contribution >= 4 is 5.91 Å². The third-order valence-electron chi connectivity index (χ3n) is 5.51. The van der Waals surface area contributed by atoms with Crippen molar-refractivity contribution in [3.8, 4) is 17.2 Å². The van der Waals surface area contributed by atoms with Gasteiger partial charge in [0, 0.05) is 26.1 Å². The second kappa shape index (κ2) is 13.3. The molecule has 0 saturated carbocycles. The van der Waals surface area contributed by atoms with E-state index in [4.69, 9.17) is 9.47 Å². The quantitative estimate of drug-likeness (QED) is 0.355. The standard InChI is InChI=1S/C28H34N2O3/c1-3-30(20-10-19-29-28(31)18-17-23-11-5-4-6-12-23)22-24-13-9-14-25(21-24)33-27-16-8-7-15-26(27)32-2/h4-9,11-16,21H,3,10,17-20,22H2,1-2H3,(H,29,31). The van der Waals surface area contributed by atoms with Gasteiger partial charge in [0.2, 0.25) is 5.91 Å². The summed E-state index contributed by atoms with van der Waals surface area (Å²) in [6.45, 7) is 5.56. The highest BCUT2D eigenvalue weighted by Crippen LogP contribution is 2.31. The molecule has 5 heteroatoms. The number of hydrogen-bond acceptors (Lipinski definition) is 4. The van der Waals surface area contributed by atoms with E-state index in [1.54, 1.807) is 7.11 Å². The first-order chi connectivity index (χ1) is 16.2. The van der Waals surface area contributed by atoms with Crippen LogP contribution in [-0.2, 0) is 17.8 Å². The fraction of sp³-hybridized carbons (Fsp3) is 0.321. The van der Waals surface area contributed by atoms with Gasteiger partial charge in [-0.25, -0.2) is 0 Å². The summed E-state index contributed by atoms with van der Waals surface area (Å²) < 4.78 is 11.4. The van der Waals surface area contributed by atoms with Crippen molar-refractivity contribution in [2.75, 3.05) is 26.7 Å². The molecule has 3 rings (SSSR count). The molecule has 33 heavy (non-hydrogen) atoms. The van der Waals surface area contributed by atoms with Gasteiger partial charge in [-0.15, -0.1) is 0 Å². The Balaban J connectivity index is 1.42. The van der Waals surface area contributed by atoms with Gasteiger partial charge in [0.15, 0.2) is 11.5 Å². The molecule has 0 heterocycles. The molecule has 0 aliphatic rings. The van der Waals surface area contributed by atoms with E-state index in [2.05, 4.69) is 41.4 Å². The summed E-state index contributed by atoms with van der Waals surface area (Å²) in [6.07, 6.45) is 2.23. The highest BCUT2D eigenvalue weighted by molar-refractivity contribution is 5.76. The smallest absolute Gasteiger partial charge is 0.220 e. The zero-order chi connectivity index (χ0) is 23.3. The van der Waals surface area contributed by atoms with Crippen molar-refractivity contribution in [2.45, 2.75) is 32.7 Å². The first-order valence-electron chi connectivity index (χ1n) is 11.6. The van der Waals surface area contributed by atoms with Crippen LogP contribution in [0.15, 0.2) is 78.9 Å². The van der Waals surface area contributed by atoms with Gasteiger partial charge < -0.3 is 14.8 Å². The van der Waals surface area contributed by atoms with Gasteiger partial charge in [-0.3, -0.25) is 9.69 Å². The lowest BCUT2D eigenvalue weighted by Gasteiger charge is -2.21. The summed E-state index contributed by atoms with van der Waals surface area (Å²) in [4.78, 5) is 14.5. The number of nitrogens with zero attached hydrogens (tertiary/aromatic N) is 1. The van der Waals surface area contributed by atoms with Crippen molar-refractivity contribution in [3.63, 3.8) is 0 Å². The molecular formula is C28H34N2O3. The van der Waals surface area contributed by atoms with E-state index in [-0.39, 0.29) is 5.91 Å². The molecule has 0 spiro atoms. The molecule has 174 valence electrons. The minimum Gasteiger partial charge on any atom is -0.493 e. The zero-order valence-electron chi connectivity index (χ0n) is 19.6. The van der Waals surface area contributed by atoms with Gasteiger partial charge in [0.05, 0.1) is 7.11 Å². The maximum atomic E-state index is 12.1. The molecule has 0 bridgehead atoms. The van der Waals surface area contributed by atoms with Crippen molar-refractivity contribution in [1.82, 2.24) is 10.2 Å². The largest absolute Gasteiger partial charge is 0.493 e. The Morgan fingerprint density at radius 3 is 2.39 bits per heavy atom. The van der Waals surface area contributed by atoms with Crippen LogP contribution in [0.4, 0.5) is 0 Å². The summed E-state index contributed by atoms with van der Waals surface area (Å²) >= 11 is 0. The normalized spacial score (nSPS) is 10.8. The van der Waals surface area contributed by atoms with Crippen LogP contribution >= 0.6 is 0 Å². The van der Waals surface area contributed by atoms with Crippen LogP contribution in [0.5, 0.6) is 17.2 Å². The average molecular weight is 447 g/mol. The Kier molecular flexibility index (Phi) is 9.80. The molecule has 0 aliphatic heterocycles. The lowest BCUT2D eigenvalue weighted by Crippen LogP contribution is -2.29. The summed E-state index contributed by atoms with van der Waals surface area (Å²) in [5.74, 6) is 2.32. The fourth-order valence-corrected chi connectivity index (χ4v) is 3.67. The Morgan fingerprint density at radius 1 is 0.909 bits per heavy atom. The maximum Gasteiger partial charge on any atom is 0.220 e. The zero-order valence-corrected chi connectivity index (χ0v) is 19.6. The molecule has 0 fully saturated rings. The molecular weight excluding hydrogens is 412 g/mol. The Hall–Kier alpha value is -3.31. The Bertz CT molecular complexity index is 991. The number of amides is 1. The second-order valence-corrected chi connectivity index (χ2v) is 7.96. The van der Waals surface area contributed by atoms with Gasteiger partial charge in [-0.05, 0) is 54.8 Å². The van der Waals surface area contributed by atoms with Crippen molar-refractivity contribution < 1.29 is 14.3 Å². The van der Waals surface area contributed by atoms with Crippen molar-refractivity contribution in [1.29, 1.82) is 0 Å². The topological polar surface area (TPSA) is 50.8 Å². The second-order valence-electron chi connectivity index (χ2n) is 7.96. The number of ether oxygens (including phenoxy) is 2. The molecule has 0 atom stereocenters. The third-order valence-corrected chi connectivity index (χ3v) is 5.51. The molecule has 3 aromatic carbocycles. The summed E-state index contributed by atoms with van der Waals surface area (Å²) in [6, 6.07) is 25.9. The predicted molar refractivity (Wildman–Crippen MR) is 133 cm³/mol. The molecule has 0 radical (unpaired) electrons. The van der Waals surface area contributed by atoms with Gasteiger partial charge in [0.25, 0.3) is 0 Å². The first kappa shape index (κ1) is 24.3. The van der Waals surface area contributed by atoms with Crippen LogP contribution < -0.4 is 14.8 Å². The molecule has 1 N–H and O–H groups in total. The Morgan fingerprint density at radius 2 is 1.64 bits per heavy atom. The molecule has 0 aliphatic carbocycles. The van der Waals surface area contributed by atoms with E-state index in [9.17, 15) is 4.79 Å². The van der Waals surface area contributed by atoms with E-state index in [1.165, 1.54) is 11.1 Å². The van der Waals surface area contributed by atoms with E-state index in [1.807, 2.05) is 54.6 Å². The molecule has 5 nitrogen and oxygen atoms in total. The third kappa shape index (κ3) is 8.28. The highest BCUT2D eigenvalue weighted by Gasteiger charge is 2.08. The van der Waals surface area contributed by atoms with E-state index >= 15 is 0 Å². The lowest BCUT2D eigenvalue weighted by atomic mass is 10.1. The number of methoxy groups -OCH3 is 1. The first-order valence-corrected chi connectivity index (χ1v) is 11.6. The molecule has 3 aromatic rings. The van der Waals surface area contributed by atoms with Crippen molar-refractivity contribution in [2.24, 2.45) is 0 Å². The number of rotatable bonds is 13. The summed E-state index contributed by atoms with van der Waals surface area (Å²) in [5.41, 5.74) is 2.39. The maximum absolute atomic E-state index is 12.1. The number of para-hydroxylation sites is 2. The van der Waals surface area contributed by atoms with E-state index < -0.39 is 0 Å². The molecule has 1 amide bonds. The van der Waals surface area contributed by atoms with Crippen LogP contribution in [0.25, 0.3) is 0 Å². The number of aryl methyl sites for hydroxylation is 1. The highest BCUT2D eigenvalue weighted by atomic mass is 16.5. The monoisotopic (exact) mass is 446 g/mol. The van der Waals surface area contributed by atoms with Gasteiger partial charge in [0.1, 0.15) is 5.75 Å². The van der Waals surface area contributed by atoms with Gasteiger partial charge in [-0.2, -0.15) is 0 Å². The SMILES string of the molecule is CCN(CCCNC(=O)CCc1ccccc1)Cc1cccc(Oc2ccccc2OC)c1. The van der Waals surface area contributed by atoms with Crippen LogP contribution in [0, 0.1) is 0 Å². The number of benzene rings is 3. The lowest BCUT2D eigenvalue weighted by molar-refractivity contribution is -0.121. The number of nitrogens with one attached hydrogen (secondary N) is 1. The van der Waals surface area contributed by atoms with E-state index in [0.717, 1.165) is 38.2 Å². The minimum absolute atomic E-state index is 0.114. The van der Waals surface area contributed by atoms with E-state index in [0.29, 0.717) is 24.5 Å². The van der Waals surface area contributed by atoms with Crippen LogP contribution in [0.2, 0.25) is 0 Å². The summed E-state index contributed by atoms with van der Waals surface area (Å²) in [7, 11) is 1.64. The molecule has 0 aromatic heterocycles. The fourth-order valence-electron chi connectivity index (χ4n) is 3.67. The summed E-state index contributed by atoms with van der Waals surface area (Å²) in [5, 5.41) is 3.05. The van der Waals surface area contributed by atoms with Crippen LogP contribution in [0.1, 0.15) is 30.9 Å².